The van der Waals surface area contributed by atoms with Crippen molar-refractivity contribution in [3.05, 3.63) is 70.8 Å². The van der Waals surface area contributed by atoms with Crippen molar-refractivity contribution in [2.24, 2.45) is 11.8 Å². The molecule has 8 rings (SSSR count). The van der Waals surface area contributed by atoms with Crippen molar-refractivity contribution in [2.75, 3.05) is 26.2 Å². The first kappa shape index (κ1) is 37.8. The summed E-state index contributed by atoms with van der Waals surface area (Å²) in [5, 5.41) is 12.7. The van der Waals surface area contributed by atoms with Crippen molar-refractivity contribution in [2.45, 2.75) is 165 Å². The highest BCUT2D eigenvalue weighted by Gasteiger charge is 2.44. The lowest BCUT2D eigenvalue weighted by Crippen LogP contribution is -2.44. The number of nitrogens with zero attached hydrogens (tertiary/aromatic N) is 2. The van der Waals surface area contributed by atoms with E-state index in [2.05, 4.69) is 79.6 Å². The van der Waals surface area contributed by atoms with E-state index < -0.39 is 0 Å². The minimum absolute atomic E-state index is 0.0120. The molecule has 2 aromatic rings. The maximum Gasteiger partial charge on any atom is 0.315 e. The molecule has 4 N–H and O–H groups in total. The van der Waals surface area contributed by atoms with Gasteiger partial charge in [-0.15, -0.1) is 0 Å². The maximum atomic E-state index is 12.5. The SMILES string of the molecule is O=C(NCCCCCCCCNC(=O)NC1CCC(CCN2C3CCC2c2ccccc23)CC1)NC1CCC(CCN2C3CCC2c2ccccc23)CC1. The third kappa shape index (κ3) is 8.96. The van der Waals surface area contributed by atoms with E-state index in [9.17, 15) is 9.59 Å². The first-order valence-corrected chi connectivity index (χ1v) is 22.4. The summed E-state index contributed by atoms with van der Waals surface area (Å²) in [6.45, 7) is 3.94. The number of rotatable bonds is 17. The largest absolute Gasteiger partial charge is 0.338 e. The number of carbonyl (C=O) groups is 2. The van der Waals surface area contributed by atoms with Crippen LogP contribution in [-0.4, -0.2) is 60.1 Å². The Kier molecular flexibility index (Phi) is 12.8. The van der Waals surface area contributed by atoms with Crippen molar-refractivity contribution in [1.82, 2.24) is 31.1 Å². The molecule has 0 aromatic heterocycles. The lowest BCUT2D eigenvalue weighted by Gasteiger charge is -2.31. The van der Waals surface area contributed by atoms with E-state index in [1.54, 1.807) is 22.3 Å². The van der Waals surface area contributed by atoms with Crippen LogP contribution in [0.5, 0.6) is 0 Å². The van der Waals surface area contributed by atoms with Crippen LogP contribution in [0, 0.1) is 11.8 Å². The van der Waals surface area contributed by atoms with Gasteiger partial charge in [-0.3, -0.25) is 9.80 Å². The Balaban J connectivity index is 0.587. The molecule has 4 bridgehead atoms. The van der Waals surface area contributed by atoms with Crippen LogP contribution in [0.4, 0.5) is 9.59 Å². The summed E-state index contributed by atoms with van der Waals surface area (Å²) in [4.78, 5) is 30.6. The number of unbranched alkanes of at least 4 members (excludes halogenated alkanes) is 5. The second kappa shape index (κ2) is 18.2. The normalized spacial score (nSPS) is 29.9. The van der Waals surface area contributed by atoms with Gasteiger partial charge in [-0.1, -0.05) is 74.2 Å². The summed E-state index contributed by atoms with van der Waals surface area (Å²) in [6, 6.07) is 21.5. The van der Waals surface area contributed by atoms with Crippen molar-refractivity contribution in [1.29, 1.82) is 0 Å². The molecule has 0 radical (unpaired) electrons. The molecule has 2 saturated heterocycles. The van der Waals surface area contributed by atoms with Crippen molar-refractivity contribution in [3.63, 3.8) is 0 Å². The maximum absolute atomic E-state index is 12.5. The van der Waals surface area contributed by atoms with E-state index in [4.69, 9.17) is 0 Å². The van der Waals surface area contributed by atoms with E-state index >= 15 is 0 Å². The quantitative estimate of drug-likeness (QED) is 0.122. The Labute approximate surface area is 325 Å². The summed E-state index contributed by atoms with van der Waals surface area (Å²) < 4.78 is 0. The summed E-state index contributed by atoms with van der Waals surface area (Å²) in [5.41, 5.74) is 6.34. The smallest absolute Gasteiger partial charge is 0.315 e. The van der Waals surface area contributed by atoms with Gasteiger partial charge >= 0.3 is 12.1 Å². The van der Waals surface area contributed by atoms with Crippen molar-refractivity contribution >= 4 is 12.1 Å². The van der Waals surface area contributed by atoms with Gasteiger partial charge in [-0.25, -0.2) is 9.59 Å². The standard InChI is InChI=1S/C46H68N6O2/c53-45(49-35-19-15-33(16-20-35)27-31-51-41-23-24-42(51)38-12-6-5-11-37(38)41)47-29-9-3-1-2-4-10-30-48-46(54)50-36-21-17-34(18-22-36)28-32-52-43-25-26-44(52)40-14-8-7-13-39(40)43/h5-8,11-14,33-36,41-44H,1-4,9-10,15-32H2,(H2,47,49,53)(H2,48,50,54). The number of amides is 4. The molecule has 4 heterocycles. The molecule has 4 fully saturated rings. The van der Waals surface area contributed by atoms with E-state index in [-0.39, 0.29) is 12.1 Å². The van der Waals surface area contributed by atoms with Gasteiger partial charge in [-0.2, -0.15) is 0 Å². The molecule has 4 aliphatic heterocycles. The van der Waals surface area contributed by atoms with Gasteiger partial charge in [0.2, 0.25) is 0 Å². The highest BCUT2D eigenvalue weighted by Crippen LogP contribution is 2.54. The number of carbonyl (C=O) groups excluding carboxylic acids is 2. The van der Waals surface area contributed by atoms with E-state index in [1.165, 1.54) is 90.1 Å². The predicted octanol–water partition coefficient (Wildman–Crippen LogP) is 9.61. The van der Waals surface area contributed by atoms with Crippen LogP contribution in [-0.2, 0) is 0 Å². The number of hydrogen-bond donors (Lipinski definition) is 4. The molecule has 2 saturated carbocycles. The minimum Gasteiger partial charge on any atom is -0.338 e. The summed E-state index contributed by atoms with van der Waals surface area (Å²) in [6.07, 6.45) is 24.0. The van der Waals surface area contributed by atoms with E-state index in [0.29, 0.717) is 36.3 Å². The number of fused-ring (bicyclic) bond motifs is 10. The molecular formula is C46H68N6O2. The molecule has 294 valence electrons. The topological polar surface area (TPSA) is 88.7 Å². The summed E-state index contributed by atoms with van der Waals surface area (Å²) in [7, 11) is 0. The van der Waals surface area contributed by atoms with Gasteiger partial charge in [-0.05, 0) is 150 Å². The van der Waals surface area contributed by atoms with Gasteiger partial charge < -0.3 is 21.3 Å². The molecule has 4 amide bonds. The Morgan fingerprint density at radius 3 is 1.15 bits per heavy atom. The molecule has 2 aliphatic carbocycles. The molecule has 54 heavy (non-hydrogen) atoms. The van der Waals surface area contributed by atoms with Crippen LogP contribution < -0.4 is 21.3 Å². The van der Waals surface area contributed by atoms with Gasteiger partial charge in [0.05, 0.1) is 0 Å². The highest BCUT2D eigenvalue weighted by atomic mass is 16.2. The van der Waals surface area contributed by atoms with Crippen LogP contribution in [0.25, 0.3) is 0 Å². The molecule has 6 aliphatic rings. The number of urea groups is 2. The molecule has 8 nitrogen and oxygen atoms in total. The van der Waals surface area contributed by atoms with E-state index in [0.717, 1.165) is 76.3 Å². The fourth-order valence-corrected chi connectivity index (χ4v) is 11.6. The van der Waals surface area contributed by atoms with Crippen LogP contribution in [0.3, 0.4) is 0 Å². The lowest BCUT2D eigenvalue weighted by atomic mass is 9.84. The lowest BCUT2D eigenvalue weighted by molar-refractivity contribution is 0.185. The average Bonchev–Trinajstić information content (AvgIpc) is 3.96. The van der Waals surface area contributed by atoms with Crippen LogP contribution in [0.15, 0.2) is 48.5 Å². The highest BCUT2D eigenvalue weighted by molar-refractivity contribution is 5.74. The summed E-state index contributed by atoms with van der Waals surface area (Å²) >= 11 is 0. The first-order chi connectivity index (χ1) is 26.6. The van der Waals surface area contributed by atoms with Crippen molar-refractivity contribution < 1.29 is 9.59 Å². The monoisotopic (exact) mass is 737 g/mol. The molecule has 4 atom stereocenters. The second-order valence-electron chi connectivity index (χ2n) is 17.9. The Morgan fingerprint density at radius 1 is 0.463 bits per heavy atom. The van der Waals surface area contributed by atoms with Gasteiger partial charge in [0.1, 0.15) is 0 Å². The zero-order chi connectivity index (χ0) is 36.7. The van der Waals surface area contributed by atoms with Crippen molar-refractivity contribution in [3.8, 4) is 0 Å². The third-order valence-corrected chi connectivity index (χ3v) is 14.6. The number of benzene rings is 2. The first-order valence-electron chi connectivity index (χ1n) is 22.4. The minimum atomic E-state index is 0.0120. The molecule has 4 unspecified atom stereocenters. The van der Waals surface area contributed by atoms with Gasteiger partial charge in [0.25, 0.3) is 0 Å². The van der Waals surface area contributed by atoms with Crippen LogP contribution in [0.2, 0.25) is 0 Å². The third-order valence-electron chi connectivity index (χ3n) is 14.6. The Hall–Kier alpha value is -3.10. The molecule has 2 aromatic carbocycles. The average molecular weight is 737 g/mol. The van der Waals surface area contributed by atoms with Crippen LogP contribution >= 0.6 is 0 Å². The molecule has 8 heteroatoms. The predicted molar refractivity (Wildman–Crippen MR) is 217 cm³/mol. The molecular weight excluding hydrogens is 669 g/mol. The number of hydrogen-bond acceptors (Lipinski definition) is 4. The zero-order valence-corrected chi connectivity index (χ0v) is 32.9. The van der Waals surface area contributed by atoms with Gasteiger partial charge in [0, 0.05) is 49.3 Å². The fraction of sp³-hybridized carbons (Fsp3) is 0.696. The van der Waals surface area contributed by atoms with Crippen LogP contribution in [0.1, 0.15) is 175 Å². The Bertz CT molecular complexity index is 1360. The zero-order valence-electron chi connectivity index (χ0n) is 32.9. The summed E-state index contributed by atoms with van der Waals surface area (Å²) in [5.74, 6) is 1.59. The second-order valence-corrected chi connectivity index (χ2v) is 17.9. The fourth-order valence-electron chi connectivity index (χ4n) is 11.6. The Morgan fingerprint density at radius 2 is 0.796 bits per heavy atom. The molecule has 0 spiro atoms. The van der Waals surface area contributed by atoms with Gasteiger partial charge in [0.15, 0.2) is 0 Å². The number of nitrogens with one attached hydrogen (secondary N) is 4. The van der Waals surface area contributed by atoms with E-state index in [1.807, 2.05) is 0 Å².